The Labute approximate surface area is 225 Å². The lowest BCUT2D eigenvalue weighted by atomic mass is 10.1. The molecule has 0 heterocycles. The average Bonchev–Trinajstić information content (AvgIpc) is 2.93. The van der Waals surface area contributed by atoms with Gasteiger partial charge in [0.15, 0.2) is 0 Å². The lowest BCUT2D eigenvalue weighted by molar-refractivity contribution is 1.15. The maximum atomic E-state index is 4.45. The van der Waals surface area contributed by atoms with E-state index in [4.69, 9.17) is 0 Å². The second-order valence-corrected chi connectivity index (χ2v) is 7.77. The van der Waals surface area contributed by atoms with E-state index in [2.05, 4.69) is 41.2 Å². The summed E-state index contributed by atoms with van der Waals surface area (Å²) in [5.74, 6) is 3.25. The fraction of sp³-hybridized carbons (Fsp3) is 0.214. The molecule has 3 rings (SSSR count). The van der Waals surface area contributed by atoms with Gasteiger partial charge in [-0.1, -0.05) is 24.3 Å². The van der Waals surface area contributed by atoms with Crippen LogP contribution in [0.15, 0.2) is 92.8 Å². The quantitative estimate of drug-likeness (QED) is 0.289. The Kier molecular flexibility index (Phi) is 11.3. The van der Waals surface area contributed by atoms with Crippen molar-refractivity contribution in [3.63, 3.8) is 0 Å². The molecule has 0 aromatic heterocycles. The van der Waals surface area contributed by atoms with Crippen LogP contribution in [0, 0.1) is 0 Å². The van der Waals surface area contributed by atoms with Gasteiger partial charge in [-0.2, -0.15) is 0 Å². The smallest absolute Gasteiger partial charge is 0.132 e. The molecule has 0 radical (unpaired) electrons. The van der Waals surface area contributed by atoms with Crippen LogP contribution in [0.2, 0.25) is 0 Å². The van der Waals surface area contributed by atoms with Gasteiger partial charge in [0.2, 0.25) is 0 Å². The second kappa shape index (κ2) is 14.4. The van der Waals surface area contributed by atoms with Gasteiger partial charge >= 0.3 is 0 Å². The van der Waals surface area contributed by atoms with Crippen LogP contribution in [-0.4, -0.2) is 65.6 Å². The Hall–Kier alpha value is -4.17. The maximum absolute atomic E-state index is 4.45. The van der Waals surface area contributed by atoms with E-state index in [9.17, 15) is 0 Å². The fourth-order valence-corrected chi connectivity index (χ4v) is 3.77. The molecule has 194 valence electrons. The molecule has 4 N–H and O–H groups in total. The Morgan fingerprint density at radius 1 is 0.432 bits per heavy atom. The average molecular weight is 519 g/mol. The first-order chi connectivity index (χ1) is 17.6. The lowest BCUT2D eigenvalue weighted by Crippen LogP contribution is -2.19. The summed E-state index contributed by atoms with van der Waals surface area (Å²) in [6.07, 6.45) is 0. The van der Waals surface area contributed by atoms with Gasteiger partial charge in [-0.25, -0.2) is 0 Å². The zero-order chi connectivity index (χ0) is 25.9. The first kappa shape index (κ1) is 29.1. The third kappa shape index (κ3) is 7.41. The molecule has 0 amide bonds. The highest BCUT2D eigenvalue weighted by Gasteiger charge is 2.09. The molecule has 0 aliphatic carbocycles. The standard InChI is InChI=1S/C28H34N8.ClH/c1-29-25(30-2)19-11-15-23(16-12-19)35-27(33-5)21-7-9-22(10-8-21)28(34-6)36-24-17-13-20(14-18-24)26(31-3)32-4;/h7-18H,1-6H3,(H,29,30)(H,31,32)(H,33,35)(H,34,36);1H. The van der Waals surface area contributed by atoms with E-state index in [1.54, 1.807) is 28.2 Å². The molecule has 9 heteroatoms. The number of amidine groups is 4. The van der Waals surface area contributed by atoms with Crippen molar-refractivity contribution in [1.29, 1.82) is 0 Å². The third-order valence-corrected chi connectivity index (χ3v) is 5.64. The summed E-state index contributed by atoms with van der Waals surface area (Å²) < 4.78 is 0. The van der Waals surface area contributed by atoms with Gasteiger partial charge in [0, 0.05) is 75.9 Å². The van der Waals surface area contributed by atoms with E-state index in [-0.39, 0.29) is 12.4 Å². The Bertz CT molecular complexity index is 1160. The molecule has 0 saturated carbocycles. The number of benzene rings is 3. The Morgan fingerprint density at radius 3 is 0.919 bits per heavy atom. The van der Waals surface area contributed by atoms with Gasteiger partial charge in [-0.3, -0.25) is 20.0 Å². The Morgan fingerprint density at radius 2 is 0.676 bits per heavy atom. The highest BCUT2D eigenvalue weighted by Crippen LogP contribution is 2.15. The number of hydrogen-bond acceptors (Lipinski definition) is 4. The highest BCUT2D eigenvalue weighted by molar-refractivity contribution is 6.11. The minimum atomic E-state index is 0. The topological polar surface area (TPSA) is 97.6 Å². The molecule has 0 fully saturated rings. The van der Waals surface area contributed by atoms with Crippen LogP contribution in [0.3, 0.4) is 0 Å². The normalized spacial score (nSPS) is 12.5. The second-order valence-electron chi connectivity index (χ2n) is 7.77. The predicted molar refractivity (Wildman–Crippen MR) is 162 cm³/mol. The highest BCUT2D eigenvalue weighted by atomic mass is 35.5. The maximum Gasteiger partial charge on any atom is 0.132 e. The number of aliphatic imine (C=N–C) groups is 4. The number of rotatable bonds is 6. The van der Waals surface area contributed by atoms with Crippen molar-refractivity contribution in [3.8, 4) is 0 Å². The number of hydrogen-bond donors (Lipinski definition) is 4. The van der Waals surface area contributed by atoms with Gasteiger partial charge in [0.1, 0.15) is 23.3 Å². The van der Waals surface area contributed by atoms with Crippen LogP contribution >= 0.6 is 12.4 Å². The minimum absolute atomic E-state index is 0. The third-order valence-electron chi connectivity index (χ3n) is 5.64. The summed E-state index contributed by atoms with van der Waals surface area (Å²) >= 11 is 0. The number of anilines is 2. The SMILES string of the molecule is CN=C(NC)c1ccc(NC(=NC)c2ccc(C(=NC)Nc3ccc(C(=NC)NC)cc3)cc2)cc1.Cl. The van der Waals surface area contributed by atoms with Gasteiger partial charge in [0.05, 0.1) is 0 Å². The zero-order valence-corrected chi connectivity index (χ0v) is 22.9. The van der Waals surface area contributed by atoms with Crippen LogP contribution in [-0.2, 0) is 0 Å². The van der Waals surface area contributed by atoms with Crippen molar-refractivity contribution in [2.75, 3.05) is 52.9 Å². The molecule has 0 bridgehead atoms. The molecule has 0 spiro atoms. The molecule has 3 aromatic carbocycles. The molecule has 0 aliphatic rings. The van der Waals surface area contributed by atoms with E-state index >= 15 is 0 Å². The minimum Gasteiger partial charge on any atom is -0.373 e. The summed E-state index contributed by atoms with van der Waals surface area (Å²) in [5.41, 5.74) is 5.92. The fourth-order valence-electron chi connectivity index (χ4n) is 3.77. The summed E-state index contributed by atoms with van der Waals surface area (Å²) in [7, 11) is 10.8. The predicted octanol–water partition coefficient (Wildman–Crippen LogP) is 4.28. The van der Waals surface area contributed by atoms with Gasteiger partial charge in [-0.05, 0) is 48.5 Å². The molecule has 0 unspecified atom stereocenters. The molecule has 3 aromatic rings. The van der Waals surface area contributed by atoms with Crippen LogP contribution in [0.1, 0.15) is 22.3 Å². The van der Waals surface area contributed by atoms with Crippen molar-refractivity contribution in [2.24, 2.45) is 20.0 Å². The van der Waals surface area contributed by atoms with E-state index in [1.165, 1.54) is 0 Å². The molecular weight excluding hydrogens is 484 g/mol. The van der Waals surface area contributed by atoms with Crippen LogP contribution in [0.5, 0.6) is 0 Å². The number of halogens is 1. The van der Waals surface area contributed by atoms with Crippen LogP contribution < -0.4 is 21.3 Å². The number of nitrogens with zero attached hydrogens (tertiary/aromatic N) is 4. The molecule has 37 heavy (non-hydrogen) atoms. The van der Waals surface area contributed by atoms with Crippen molar-refractivity contribution in [2.45, 2.75) is 0 Å². The molecule has 0 aliphatic heterocycles. The van der Waals surface area contributed by atoms with Crippen LogP contribution in [0.25, 0.3) is 0 Å². The summed E-state index contributed by atoms with van der Waals surface area (Å²) in [6.45, 7) is 0. The lowest BCUT2D eigenvalue weighted by Gasteiger charge is -2.13. The molecule has 8 nitrogen and oxygen atoms in total. The van der Waals surface area contributed by atoms with Gasteiger partial charge < -0.3 is 21.3 Å². The van der Waals surface area contributed by atoms with Crippen molar-refractivity contribution in [1.82, 2.24) is 10.6 Å². The van der Waals surface area contributed by atoms with Gasteiger partial charge in [0.25, 0.3) is 0 Å². The van der Waals surface area contributed by atoms with E-state index in [0.717, 1.165) is 57.0 Å². The van der Waals surface area contributed by atoms with Crippen LogP contribution in [0.4, 0.5) is 11.4 Å². The summed E-state index contributed by atoms with van der Waals surface area (Å²) in [6, 6.07) is 24.3. The van der Waals surface area contributed by atoms with E-state index in [1.807, 2.05) is 86.9 Å². The van der Waals surface area contributed by atoms with Crippen molar-refractivity contribution in [3.05, 3.63) is 95.1 Å². The van der Waals surface area contributed by atoms with E-state index < -0.39 is 0 Å². The zero-order valence-electron chi connectivity index (χ0n) is 22.1. The van der Waals surface area contributed by atoms with Crippen molar-refractivity contribution >= 4 is 47.1 Å². The molecule has 0 atom stereocenters. The molecular formula is C28H35ClN8. The Balaban J connectivity index is 0.00000481. The molecule has 0 saturated heterocycles. The largest absolute Gasteiger partial charge is 0.373 e. The first-order valence-corrected chi connectivity index (χ1v) is 11.6. The summed E-state index contributed by atoms with van der Waals surface area (Å²) in [4.78, 5) is 17.4. The monoisotopic (exact) mass is 518 g/mol. The first-order valence-electron chi connectivity index (χ1n) is 11.6. The summed E-state index contributed by atoms with van der Waals surface area (Å²) in [5, 5.41) is 13.0. The van der Waals surface area contributed by atoms with E-state index in [0.29, 0.717) is 0 Å². The number of nitrogens with one attached hydrogen (secondary N) is 4. The van der Waals surface area contributed by atoms with Gasteiger partial charge in [-0.15, -0.1) is 12.4 Å². The van der Waals surface area contributed by atoms with Crippen molar-refractivity contribution < 1.29 is 0 Å².